The summed E-state index contributed by atoms with van der Waals surface area (Å²) < 4.78 is 1.92. The van der Waals surface area contributed by atoms with E-state index in [2.05, 4.69) is 10.3 Å². The van der Waals surface area contributed by atoms with Gasteiger partial charge >= 0.3 is 0 Å². The lowest BCUT2D eigenvalue weighted by molar-refractivity contribution is 0.0934. The Morgan fingerprint density at radius 2 is 2.14 bits per heavy atom. The van der Waals surface area contributed by atoms with Crippen LogP contribution in [0.4, 0.5) is 0 Å². The van der Waals surface area contributed by atoms with E-state index in [9.17, 15) is 4.79 Å². The minimum atomic E-state index is -0.173. The predicted octanol–water partition coefficient (Wildman–Crippen LogP) is 2.77. The SMILES string of the molecule is CC(C)n1c(Cl)nc2cc(C(=O)N[C@H](C)CCO)ccc21. The van der Waals surface area contributed by atoms with Crippen LogP contribution in [0.3, 0.4) is 0 Å². The molecule has 6 heteroatoms. The summed E-state index contributed by atoms with van der Waals surface area (Å²) in [5, 5.41) is 12.1. The van der Waals surface area contributed by atoms with Crippen molar-refractivity contribution in [2.24, 2.45) is 0 Å². The monoisotopic (exact) mass is 309 g/mol. The minimum absolute atomic E-state index is 0.0505. The second kappa shape index (κ2) is 6.45. The van der Waals surface area contributed by atoms with Crippen LogP contribution in [0.25, 0.3) is 11.0 Å². The normalized spacial score (nSPS) is 12.9. The molecular weight excluding hydrogens is 290 g/mol. The summed E-state index contributed by atoms with van der Waals surface area (Å²) in [7, 11) is 0. The molecule has 2 N–H and O–H groups in total. The number of halogens is 1. The fourth-order valence-corrected chi connectivity index (χ4v) is 2.65. The van der Waals surface area contributed by atoms with Crippen molar-refractivity contribution in [1.82, 2.24) is 14.9 Å². The van der Waals surface area contributed by atoms with Crippen molar-refractivity contribution in [2.45, 2.75) is 39.3 Å². The van der Waals surface area contributed by atoms with Gasteiger partial charge in [0.05, 0.1) is 11.0 Å². The Hall–Kier alpha value is -1.59. The molecule has 21 heavy (non-hydrogen) atoms. The summed E-state index contributed by atoms with van der Waals surface area (Å²) in [5.41, 5.74) is 2.16. The molecule has 1 atom stereocenters. The Morgan fingerprint density at radius 1 is 1.43 bits per heavy atom. The fraction of sp³-hybridized carbons (Fsp3) is 0.467. The van der Waals surface area contributed by atoms with Gasteiger partial charge in [0.2, 0.25) is 5.28 Å². The van der Waals surface area contributed by atoms with Gasteiger partial charge in [-0.05, 0) is 57.0 Å². The highest BCUT2D eigenvalue weighted by Crippen LogP contribution is 2.25. The topological polar surface area (TPSA) is 67.2 Å². The zero-order chi connectivity index (χ0) is 15.6. The molecule has 0 saturated heterocycles. The van der Waals surface area contributed by atoms with E-state index in [1.807, 2.05) is 31.4 Å². The van der Waals surface area contributed by atoms with Gasteiger partial charge in [-0.15, -0.1) is 0 Å². The number of fused-ring (bicyclic) bond motifs is 1. The van der Waals surface area contributed by atoms with Gasteiger partial charge in [0.25, 0.3) is 5.91 Å². The molecule has 0 saturated carbocycles. The molecule has 0 aliphatic heterocycles. The van der Waals surface area contributed by atoms with Crippen LogP contribution in [0, 0.1) is 0 Å². The smallest absolute Gasteiger partial charge is 0.251 e. The van der Waals surface area contributed by atoms with E-state index in [-0.39, 0.29) is 24.6 Å². The molecule has 2 aromatic rings. The first kappa shape index (κ1) is 15.8. The fourth-order valence-electron chi connectivity index (χ4n) is 2.27. The Labute approximate surface area is 128 Å². The lowest BCUT2D eigenvalue weighted by Crippen LogP contribution is -2.33. The van der Waals surface area contributed by atoms with Gasteiger partial charge in [-0.25, -0.2) is 4.98 Å². The number of hydrogen-bond acceptors (Lipinski definition) is 3. The van der Waals surface area contributed by atoms with Crippen LogP contribution in [0.5, 0.6) is 0 Å². The van der Waals surface area contributed by atoms with Gasteiger partial charge in [0.15, 0.2) is 0 Å². The van der Waals surface area contributed by atoms with Gasteiger partial charge in [-0.2, -0.15) is 0 Å². The van der Waals surface area contributed by atoms with Crippen molar-refractivity contribution in [3.05, 3.63) is 29.0 Å². The lowest BCUT2D eigenvalue weighted by atomic mass is 10.1. The van der Waals surface area contributed by atoms with E-state index in [0.717, 1.165) is 5.52 Å². The Morgan fingerprint density at radius 3 is 2.76 bits per heavy atom. The van der Waals surface area contributed by atoms with Gasteiger partial charge in [-0.1, -0.05) is 0 Å². The molecule has 0 aliphatic rings. The lowest BCUT2D eigenvalue weighted by Gasteiger charge is -2.13. The van der Waals surface area contributed by atoms with Crippen LogP contribution in [0.15, 0.2) is 18.2 Å². The number of amides is 1. The second-order valence-corrected chi connectivity index (χ2v) is 5.77. The molecule has 2 rings (SSSR count). The third kappa shape index (κ3) is 3.36. The minimum Gasteiger partial charge on any atom is -0.396 e. The molecule has 0 spiro atoms. The van der Waals surface area contributed by atoms with Crippen molar-refractivity contribution >= 4 is 28.5 Å². The Balaban J connectivity index is 2.29. The van der Waals surface area contributed by atoms with Crippen molar-refractivity contribution < 1.29 is 9.90 Å². The molecule has 0 fully saturated rings. The van der Waals surface area contributed by atoms with E-state index in [1.54, 1.807) is 12.1 Å². The number of aliphatic hydroxyl groups excluding tert-OH is 1. The molecule has 1 heterocycles. The average Bonchev–Trinajstić information content (AvgIpc) is 2.73. The molecule has 0 bridgehead atoms. The van der Waals surface area contributed by atoms with Crippen LogP contribution < -0.4 is 5.32 Å². The summed E-state index contributed by atoms with van der Waals surface area (Å²) >= 11 is 6.14. The van der Waals surface area contributed by atoms with Crippen LogP contribution in [0.2, 0.25) is 5.28 Å². The number of nitrogens with one attached hydrogen (secondary N) is 1. The summed E-state index contributed by atoms with van der Waals surface area (Å²) in [6.07, 6.45) is 0.530. The maximum atomic E-state index is 12.1. The van der Waals surface area contributed by atoms with E-state index < -0.39 is 0 Å². The molecule has 1 aromatic carbocycles. The maximum Gasteiger partial charge on any atom is 0.251 e. The standard InChI is InChI=1S/C15H20ClN3O2/c1-9(2)19-13-5-4-11(8-12(13)18-15(19)16)14(21)17-10(3)6-7-20/h4-5,8-10,20H,6-7H2,1-3H3,(H,17,21)/t10-/m1/s1. The number of hydrogen-bond donors (Lipinski definition) is 2. The molecule has 114 valence electrons. The van der Waals surface area contributed by atoms with Crippen molar-refractivity contribution in [1.29, 1.82) is 0 Å². The first-order valence-electron chi connectivity index (χ1n) is 7.03. The molecular formula is C15H20ClN3O2. The first-order chi connectivity index (χ1) is 9.93. The predicted molar refractivity (Wildman–Crippen MR) is 83.8 cm³/mol. The van der Waals surface area contributed by atoms with Gasteiger partial charge in [0.1, 0.15) is 0 Å². The third-order valence-corrected chi connectivity index (χ3v) is 3.63. The van der Waals surface area contributed by atoms with Crippen LogP contribution in [-0.4, -0.2) is 33.2 Å². The first-order valence-corrected chi connectivity index (χ1v) is 7.41. The number of carbonyl (C=O) groups is 1. The van der Waals surface area contributed by atoms with Crippen molar-refractivity contribution in [3.8, 4) is 0 Å². The van der Waals surface area contributed by atoms with Gasteiger partial charge in [-0.3, -0.25) is 4.79 Å². The quantitative estimate of drug-likeness (QED) is 0.892. The van der Waals surface area contributed by atoms with E-state index in [1.165, 1.54) is 0 Å². The van der Waals surface area contributed by atoms with Crippen LogP contribution in [-0.2, 0) is 0 Å². The Bertz CT molecular complexity index is 652. The van der Waals surface area contributed by atoms with Crippen molar-refractivity contribution in [2.75, 3.05) is 6.61 Å². The molecule has 0 aliphatic carbocycles. The van der Waals surface area contributed by atoms with Crippen molar-refractivity contribution in [3.63, 3.8) is 0 Å². The summed E-state index contributed by atoms with van der Waals surface area (Å²) in [4.78, 5) is 16.4. The number of carbonyl (C=O) groups excluding carboxylic acids is 1. The largest absolute Gasteiger partial charge is 0.396 e. The van der Waals surface area contributed by atoms with Gasteiger partial charge in [0, 0.05) is 24.3 Å². The van der Waals surface area contributed by atoms with Crippen LogP contribution in [0.1, 0.15) is 43.6 Å². The third-order valence-electron chi connectivity index (χ3n) is 3.36. The van der Waals surface area contributed by atoms with Gasteiger partial charge < -0.3 is 15.0 Å². The maximum absolute atomic E-state index is 12.1. The number of aromatic nitrogens is 2. The highest BCUT2D eigenvalue weighted by molar-refractivity contribution is 6.29. The average molecular weight is 310 g/mol. The molecule has 1 amide bonds. The summed E-state index contributed by atoms with van der Waals surface area (Å²) in [6, 6.07) is 5.49. The summed E-state index contributed by atoms with van der Waals surface area (Å²) in [6.45, 7) is 5.97. The van der Waals surface area contributed by atoms with E-state index in [4.69, 9.17) is 16.7 Å². The Kier molecular flexibility index (Phi) is 4.85. The summed E-state index contributed by atoms with van der Waals surface area (Å²) in [5.74, 6) is -0.173. The van der Waals surface area contributed by atoms with E-state index >= 15 is 0 Å². The number of imidazole rings is 1. The molecule has 5 nitrogen and oxygen atoms in total. The molecule has 1 aromatic heterocycles. The molecule has 0 unspecified atom stereocenters. The highest BCUT2D eigenvalue weighted by atomic mass is 35.5. The highest BCUT2D eigenvalue weighted by Gasteiger charge is 2.15. The second-order valence-electron chi connectivity index (χ2n) is 5.43. The molecule has 0 radical (unpaired) electrons. The number of rotatable bonds is 5. The van der Waals surface area contributed by atoms with Crippen LogP contribution >= 0.6 is 11.6 Å². The zero-order valence-corrected chi connectivity index (χ0v) is 13.2. The number of aliphatic hydroxyl groups is 1. The zero-order valence-electron chi connectivity index (χ0n) is 12.4. The van der Waals surface area contributed by atoms with E-state index in [0.29, 0.717) is 22.8 Å². The number of benzene rings is 1. The number of nitrogens with zero attached hydrogens (tertiary/aromatic N) is 2.